The Kier molecular flexibility index (Phi) is 4.43. The van der Waals surface area contributed by atoms with Gasteiger partial charge in [-0.25, -0.2) is 8.78 Å². The molecule has 2 atom stereocenters. The Morgan fingerprint density at radius 3 is 2.74 bits per heavy atom. The number of halogens is 3. The topological polar surface area (TPSA) is 15.3 Å². The molecular formula is C14H19ClF2N2. The van der Waals surface area contributed by atoms with Crippen molar-refractivity contribution >= 4 is 12.4 Å². The molecule has 1 aromatic rings. The maximum atomic E-state index is 14.0. The van der Waals surface area contributed by atoms with Crippen molar-refractivity contribution in [2.24, 2.45) is 5.92 Å². The van der Waals surface area contributed by atoms with Crippen molar-refractivity contribution in [1.82, 2.24) is 10.2 Å². The van der Waals surface area contributed by atoms with E-state index in [-0.39, 0.29) is 25.0 Å². The SMILES string of the molecule is Cl.FC1(F)CN(Cc2ccccc2)[C@H]2CCNC[C@H]21. The molecule has 2 fully saturated rings. The Labute approximate surface area is 118 Å². The molecule has 0 saturated carbocycles. The smallest absolute Gasteiger partial charge is 0.266 e. The highest BCUT2D eigenvalue weighted by molar-refractivity contribution is 5.85. The van der Waals surface area contributed by atoms with Gasteiger partial charge >= 0.3 is 0 Å². The zero-order chi connectivity index (χ0) is 12.6. The first kappa shape index (κ1) is 14.7. The van der Waals surface area contributed by atoms with Gasteiger partial charge in [0, 0.05) is 19.1 Å². The van der Waals surface area contributed by atoms with Gasteiger partial charge in [-0.15, -0.1) is 12.4 Å². The van der Waals surface area contributed by atoms with Gasteiger partial charge in [-0.2, -0.15) is 0 Å². The first-order valence-electron chi connectivity index (χ1n) is 6.53. The van der Waals surface area contributed by atoms with Crippen LogP contribution in [0.2, 0.25) is 0 Å². The number of likely N-dealkylation sites (tertiary alicyclic amines) is 1. The van der Waals surface area contributed by atoms with Crippen molar-refractivity contribution < 1.29 is 8.78 Å². The molecule has 2 heterocycles. The summed E-state index contributed by atoms with van der Waals surface area (Å²) in [4.78, 5) is 1.96. The van der Waals surface area contributed by atoms with E-state index in [1.165, 1.54) is 0 Å². The third kappa shape index (κ3) is 2.91. The first-order valence-corrected chi connectivity index (χ1v) is 6.53. The van der Waals surface area contributed by atoms with Crippen LogP contribution >= 0.6 is 12.4 Å². The Morgan fingerprint density at radius 2 is 2.00 bits per heavy atom. The molecule has 3 rings (SSSR count). The molecule has 2 saturated heterocycles. The van der Waals surface area contributed by atoms with Crippen molar-refractivity contribution in [1.29, 1.82) is 0 Å². The van der Waals surface area contributed by atoms with Crippen molar-refractivity contribution in [2.45, 2.75) is 24.9 Å². The number of alkyl halides is 2. The first-order chi connectivity index (χ1) is 8.67. The van der Waals surface area contributed by atoms with E-state index in [0.717, 1.165) is 18.5 Å². The highest BCUT2D eigenvalue weighted by atomic mass is 35.5. The predicted octanol–water partition coefficient (Wildman–Crippen LogP) is 2.54. The van der Waals surface area contributed by atoms with Crippen LogP contribution in [0.3, 0.4) is 0 Å². The molecule has 1 aromatic carbocycles. The fraction of sp³-hybridized carbons (Fsp3) is 0.571. The van der Waals surface area contributed by atoms with Crippen molar-refractivity contribution in [3.8, 4) is 0 Å². The van der Waals surface area contributed by atoms with Crippen molar-refractivity contribution in [3.63, 3.8) is 0 Å². The minimum absolute atomic E-state index is 0. The van der Waals surface area contributed by atoms with Crippen LogP contribution in [-0.2, 0) is 6.54 Å². The van der Waals surface area contributed by atoms with E-state index in [1.807, 2.05) is 35.2 Å². The van der Waals surface area contributed by atoms with Gasteiger partial charge in [-0.05, 0) is 18.5 Å². The lowest BCUT2D eigenvalue weighted by Crippen LogP contribution is -2.46. The predicted molar refractivity (Wildman–Crippen MR) is 73.8 cm³/mol. The Morgan fingerprint density at radius 1 is 1.26 bits per heavy atom. The maximum absolute atomic E-state index is 14.0. The summed E-state index contributed by atoms with van der Waals surface area (Å²) in [5, 5.41) is 3.09. The quantitative estimate of drug-likeness (QED) is 0.900. The van der Waals surface area contributed by atoms with Gasteiger partial charge in [-0.3, -0.25) is 4.90 Å². The Bertz CT molecular complexity index is 413. The largest absolute Gasteiger partial charge is 0.316 e. The van der Waals surface area contributed by atoms with Gasteiger partial charge in [0.1, 0.15) is 0 Å². The second kappa shape index (κ2) is 5.73. The molecule has 1 N–H and O–H groups in total. The highest BCUT2D eigenvalue weighted by Crippen LogP contribution is 2.40. The highest BCUT2D eigenvalue weighted by Gasteiger charge is 2.54. The molecule has 0 aliphatic carbocycles. The third-order valence-corrected chi connectivity index (χ3v) is 4.10. The minimum Gasteiger partial charge on any atom is -0.316 e. The van der Waals surface area contributed by atoms with Crippen LogP contribution in [0.5, 0.6) is 0 Å². The number of rotatable bonds is 2. The summed E-state index contributed by atoms with van der Waals surface area (Å²) in [5.41, 5.74) is 1.12. The van der Waals surface area contributed by atoms with E-state index in [9.17, 15) is 8.78 Å². The molecule has 0 radical (unpaired) electrons. The number of piperidine rings is 1. The van der Waals surface area contributed by atoms with Gasteiger partial charge < -0.3 is 5.32 Å². The second-order valence-corrected chi connectivity index (χ2v) is 5.32. The summed E-state index contributed by atoms with van der Waals surface area (Å²) in [6.45, 7) is 1.84. The van der Waals surface area contributed by atoms with E-state index in [0.29, 0.717) is 13.1 Å². The van der Waals surface area contributed by atoms with E-state index in [2.05, 4.69) is 5.32 Å². The summed E-state index contributed by atoms with van der Waals surface area (Å²) in [6, 6.07) is 9.92. The molecule has 0 bridgehead atoms. The number of nitrogens with zero attached hydrogens (tertiary/aromatic N) is 1. The van der Waals surface area contributed by atoms with E-state index < -0.39 is 11.8 Å². The zero-order valence-corrected chi connectivity index (χ0v) is 11.5. The number of hydrogen-bond donors (Lipinski definition) is 1. The van der Waals surface area contributed by atoms with Crippen LogP contribution < -0.4 is 5.32 Å². The molecular weight excluding hydrogens is 270 g/mol. The molecule has 106 valence electrons. The lowest BCUT2D eigenvalue weighted by atomic mass is 9.92. The summed E-state index contributed by atoms with van der Waals surface area (Å²) >= 11 is 0. The zero-order valence-electron chi connectivity index (χ0n) is 10.7. The Balaban J connectivity index is 0.00000133. The summed E-state index contributed by atoms with van der Waals surface area (Å²) in [6.07, 6.45) is 0.826. The van der Waals surface area contributed by atoms with E-state index in [4.69, 9.17) is 0 Å². The molecule has 2 nitrogen and oxygen atoms in total. The van der Waals surface area contributed by atoms with Crippen LogP contribution in [0.25, 0.3) is 0 Å². The molecule has 0 unspecified atom stereocenters. The van der Waals surface area contributed by atoms with Gasteiger partial charge in [-0.1, -0.05) is 30.3 Å². The van der Waals surface area contributed by atoms with Crippen molar-refractivity contribution in [3.05, 3.63) is 35.9 Å². The molecule has 2 aliphatic heterocycles. The molecule has 2 aliphatic rings. The molecule has 0 amide bonds. The number of hydrogen-bond acceptors (Lipinski definition) is 2. The van der Waals surface area contributed by atoms with E-state index in [1.54, 1.807) is 0 Å². The van der Waals surface area contributed by atoms with Gasteiger partial charge in [0.2, 0.25) is 0 Å². The molecule has 0 aromatic heterocycles. The average Bonchev–Trinajstić information content (AvgIpc) is 2.63. The normalized spacial score (nSPS) is 29.6. The minimum atomic E-state index is -2.55. The average molecular weight is 289 g/mol. The van der Waals surface area contributed by atoms with Crippen LogP contribution in [-0.4, -0.2) is 36.5 Å². The van der Waals surface area contributed by atoms with Gasteiger partial charge in [0.25, 0.3) is 5.92 Å². The van der Waals surface area contributed by atoms with Gasteiger partial charge in [0.15, 0.2) is 0 Å². The number of fused-ring (bicyclic) bond motifs is 1. The maximum Gasteiger partial charge on any atom is 0.266 e. The standard InChI is InChI=1S/C14H18F2N2.ClH/c15-14(16)10-18(9-11-4-2-1-3-5-11)13-6-7-17-8-12(13)14;/h1-5,12-13,17H,6-10H2;1H/t12-,13+;/m1./s1. The van der Waals surface area contributed by atoms with Crippen LogP contribution in [0.4, 0.5) is 8.78 Å². The fourth-order valence-electron chi connectivity index (χ4n) is 3.21. The lowest BCUT2D eigenvalue weighted by Gasteiger charge is -2.32. The second-order valence-electron chi connectivity index (χ2n) is 5.32. The van der Waals surface area contributed by atoms with Crippen LogP contribution in [0, 0.1) is 5.92 Å². The molecule has 0 spiro atoms. The third-order valence-electron chi connectivity index (χ3n) is 4.10. The summed E-state index contributed by atoms with van der Waals surface area (Å²) < 4.78 is 27.9. The number of benzene rings is 1. The van der Waals surface area contributed by atoms with Crippen LogP contribution in [0.1, 0.15) is 12.0 Å². The van der Waals surface area contributed by atoms with Crippen LogP contribution in [0.15, 0.2) is 30.3 Å². The summed E-state index contributed by atoms with van der Waals surface area (Å²) in [5.74, 6) is -3.07. The molecule has 19 heavy (non-hydrogen) atoms. The van der Waals surface area contributed by atoms with E-state index >= 15 is 0 Å². The monoisotopic (exact) mass is 288 g/mol. The fourth-order valence-corrected chi connectivity index (χ4v) is 3.21. The van der Waals surface area contributed by atoms with Gasteiger partial charge in [0.05, 0.1) is 12.5 Å². The lowest BCUT2D eigenvalue weighted by molar-refractivity contribution is -0.0328. The van der Waals surface area contributed by atoms with Crippen molar-refractivity contribution in [2.75, 3.05) is 19.6 Å². The Hall–Kier alpha value is -0.710. The molecule has 5 heteroatoms. The summed E-state index contributed by atoms with van der Waals surface area (Å²) in [7, 11) is 0. The number of nitrogens with one attached hydrogen (secondary N) is 1.